The van der Waals surface area contributed by atoms with Crippen molar-refractivity contribution in [1.82, 2.24) is 15.0 Å². The number of hydrogen-bond donors (Lipinski definition) is 3. The molecule has 0 saturated heterocycles. The van der Waals surface area contributed by atoms with Crippen molar-refractivity contribution in [2.24, 2.45) is 5.41 Å². The molecule has 1 fully saturated rings. The minimum atomic E-state index is 0.240. The van der Waals surface area contributed by atoms with Crippen LogP contribution in [0.5, 0.6) is 0 Å². The number of nitrogens with zero attached hydrogens (tertiary/aromatic N) is 3. The van der Waals surface area contributed by atoms with E-state index in [0.29, 0.717) is 11.5 Å². The summed E-state index contributed by atoms with van der Waals surface area (Å²) >= 11 is 0. The number of aromatic nitrogens is 3. The predicted octanol–water partition coefficient (Wildman–Crippen LogP) is 1.18. The highest BCUT2D eigenvalue weighted by Crippen LogP contribution is 2.48. The van der Waals surface area contributed by atoms with E-state index in [4.69, 9.17) is 10.8 Å². The highest BCUT2D eigenvalue weighted by Gasteiger charge is 2.41. The van der Waals surface area contributed by atoms with Crippen LogP contribution in [0.15, 0.2) is 18.5 Å². The average Bonchev–Trinajstić information content (AvgIpc) is 3.16. The van der Waals surface area contributed by atoms with Crippen LogP contribution in [-0.4, -0.2) is 33.2 Å². The van der Waals surface area contributed by atoms with Crippen LogP contribution in [-0.2, 0) is 0 Å². The third kappa shape index (κ3) is 2.44. The Morgan fingerprint density at radius 3 is 2.89 bits per heavy atom. The smallest absolute Gasteiger partial charge is 0.166 e. The van der Waals surface area contributed by atoms with Crippen molar-refractivity contribution in [3.05, 3.63) is 18.5 Å². The van der Waals surface area contributed by atoms with Crippen molar-refractivity contribution in [3.8, 4) is 0 Å². The van der Waals surface area contributed by atoms with Gasteiger partial charge in [0.05, 0.1) is 5.39 Å². The van der Waals surface area contributed by atoms with Gasteiger partial charge in [0.25, 0.3) is 0 Å². The molecule has 0 aliphatic heterocycles. The molecule has 2 heterocycles. The van der Waals surface area contributed by atoms with Gasteiger partial charge in [-0.25, -0.2) is 15.0 Å². The minimum Gasteiger partial charge on any atom is -0.396 e. The Bertz CT molecular complexity index is 597. The third-order valence-corrected chi connectivity index (χ3v) is 3.75. The Kier molecular flexibility index (Phi) is 2.94. The summed E-state index contributed by atoms with van der Waals surface area (Å²) in [5, 5.41) is 13.3. The van der Waals surface area contributed by atoms with Crippen molar-refractivity contribution >= 4 is 22.7 Å². The number of fused-ring (bicyclic) bond motifs is 1. The SMILES string of the molecule is Nc1ccc2c(NCC3(CCO)CC3)ncnc2n1. The highest BCUT2D eigenvalue weighted by molar-refractivity contribution is 5.87. The topological polar surface area (TPSA) is 97.0 Å². The number of nitrogens with one attached hydrogen (secondary N) is 1. The number of anilines is 2. The molecule has 6 heteroatoms. The van der Waals surface area contributed by atoms with E-state index in [1.807, 2.05) is 6.07 Å². The summed E-state index contributed by atoms with van der Waals surface area (Å²) in [6, 6.07) is 3.63. The first-order chi connectivity index (χ1) is 9.22. The van der Waals surface area contributed by atoms with Gasteiger partial charge in [-0.2, -0.15) is 0 Å². The molecular formula is C13H17N5O. The molecule has 0 unspecified atom stereocenters. The zero-order chi connectivity index (χ0) is 13.3. The summed E-state index contributed by atoms with van der Waals surface area (Å²) in [4.78, 5) is 12.6. The van der Waals surface area contributed by atoms with E-state index in [1.165, 1.54) is 6.33 Å². The van der Waals surface area contributed by atoms with Gasteiger partial charge >= 0.3 is 0 Å². The van der Waals surface area contributed by atoms with Crippen LogP contribution < -0.4 is 11.1 Å². The zero-order valence-corrected chi connectivity index (χ0v) is 10.6. The molecule has 4 N–H and O–H groups in total. The lowest BCUT2D eigenvalue weighted by atomic mass is 10.0. The second-order valence-corrected chi connectivity index (χ2v) is 5.16. The lowest BCUT2D eigenvalue weighted by Gasteiger charge is -2.15. The van der Waals surface area contributed by atoms with Crippen LogP contribution in [0.25, 0.3) is 11.0 Å². The molecule has 1 aliphatic rings. The summed E-state index contributed by atoms with van der Waals surface area (Å²) in [7, 11) is 0. The summed E-state index contributed by atoms with van der Waals surface area (Å²) < 4.78 is 0. The highest BCUT2D eigenvalue weighted by atomic mass is 16.3. The van der Waals surface area contributed by atoms with Gasteiger partial charge in [0.1, 0.15) is 18.0 Å². The lowest BCUT2D eigenvalue weighted by molar-refractivity contribution is 0.253. The minimum absolute atomic E-state index is 0.240. The maximum Gasteiger partial charge on any atom is 0.166 e. The molecule has 0 atom stereocenters. The van der Waals surface area contributed by atoms with Gasteiger partial charge < -0.3 is 16.2 Å². The largest absolute Gasteiger partial charge is 0.396 e. The van der Waals surface area contributed by atoms with E-state index < -0.39 is 0 Å². The second kappa shape index (κ2) is 4.62. The molecule has 0 aromatic carbocycles. The molecule has 0 radical (unpaired) electrons. The van der Waals surface area contributed by atoms with Gasteiger partial charge in [-0.05, 0) is 36.8 Å². The Labute approximate surface area is 111 Å². The summed E-state index contributed by atoms with van der Waals surface area (Å²) in [5.41, 5.74) is 6.49. The van der Waals surface area contributed by atoms with Gasteiger partial charge in [0.15, 0.2) is 5.65 Å². The number of pyridine rings is 1. The first kappa shape index (κ1) is 12.1. The Balaban J connectivity index is 1.81. The first-order valence-electron chi connectivity index (χ1n) is 6.44. The molecular weight excluding hydrogens is 242 g/mol. The van der Waals surface area contributed by atoms with E-state index in [0.717, 1.165) is 37.0 Å². The van der Waals surface area contributed by atoms with Gasteiger partial charge in [0.2, 0.25) is 0 Å². The molecule has 1 saturated carbocycles. The Morgan fingerprint density at radius 2 is 2.16 bits per heavy atom. The standard InChI is InChI=1S/C13H17N5O/c14-10-2-1-9-11(16-8-17-12(9)18-10)15-7-13(3-4-13)5-6-19/h1-2,8,19H,3-7H2,(H3,14,15,16,17,18). The van der Waals surface area contributed by atoms with E-state index in [9.17, 15) is 0 Å². The molecule has 0 spiro atoms. The number of nitrogens with two attached hydrogens (primary N) is 1. The maximum absolute atomic E-state index is 9.06. The third-order valence-electron chi connectivity index (χ3n) is 3.75. The average molecular weight is 259 g/mol. The van der Waals surface area contributed by atoms with E-state index in [-0.39, 0.29) is 12.0 Å². The molecule has 3 rings (SSSR count). The van der Waals surface area contributed by atoms with E-state index in [2.05, 4.69) is 20.3 Å². The second-order valence-electron chi connectivity index (χ2n) is 5.16. The van der Waals surface area contributed by atoms with Crippen molar-refractivity contribution < 1.29 is 5.11 Å². The van der Waals surface area contributed by atoms with Crippen molar-refractivity contribution in [3.63, 3.8) is 0 Å². The zero-order valence-electron chi connectivity index (χ0n) is 10.6. The fourth-order valence-corrected chi connectivity index (χ4v) is 2.30. The van der Waals surface area contributed by atoms with E-state index in [1.54, 1.807) is 6.07 Å². The Morgan fingerprint density at radius 1 is 1.32 bits per heavy atom. The summed E-state index contributed by atoms with van der Waals surface area (Å²) in [6.45, 7) is 1.06. The summed E-state index contributed by atoms with van der Waals surface area (Å²) in [5.74, 6) is 1.23. The van der Waals surface area contributed by atoms with Gasteiger partial charge in [-0.15, -0.1) is 0 Å². The molecule has 100 valence electrons. The quantitative estimate of drug-likeness (QED) is 0.746. The maximum atomic E-state index is 9.06. The van der Waals surface area contributed by atoms with Crippen LogP contribution in [0.2, 0.25) is 0 Å². The molecule has 19 heavy (non-hydrogen) atoms. The Hall–Kier alpha value is -1.95. The van der Waals surface area contributed by atoms with E-state index >= 15 is 0 Å². The lowest BCUT2D eigenvalue weighted by Crippen LogP contribution is -2.17. The normalized spacial score (nSPS) is 16.5. The predicted molar refractivity (Wildman–Crippen MR) is 73.6 cm³/mol. The monoisotopic (exact) mass is 259 g/mol. The van der Waals surface area contributed by atoms with Gasteiger partial charge in [-0.3, -0.25) is 0 Å². The fraction of sp³-hybridized carbons (Fsp3) is 0.462. The van der Waals surface area contributed by atoms with Crippen LogP contribution in [0, 0.1) is 5.41 Å². The van der Waals surface area contributed by atoms with Crippen LogP contribution in [0.1, 0.15) is 19.3 Å². The van der Waals surface area contributed by atoms with Crippen molar-refractivity contribution in [2.45, 2.75) is 19.3 Å². The van der Waals surface area contributed by atoms with Crippen LogP contribution in [0.4, 0.5) is 11.6 Å². The number of rotatable bonds is 5. The molecule has 1 aliphatic carbocycles. The number of nitrogen functional groups attached to an aromatic ring is 1. The first-order valence-corrected chi connectivity index (χ1v) is 6.44. The molecule has 6 nitrogen and oxygen atoms in total. The molecule has 0 amide bonds. The van der Waals surface area contributed by atoms with Crippen molar-refractivity contribution in [1.29, 1.82) is 0 Å². The molecule has 2 aromatic heterocycles. The fourth-order valence-electron chi connectivity index (χ4n) is 2.30. The van der Waals surface area contributed by atoms with Gasteiger partial charge in [-0.1, -0.05) is 0 Å². The van der Waals surface area contributed by atoms with Crippen molar-refractivity contribution in [2.75, 3.05) is 24.2 Å². The number of aliphatic hydroxyl groups is 1. The number of hydrogen-bond acceptors (Lipinski definition) is 6. The van der Waals surface area contributed by atoms with Crippen LogP contribution >= 0.6 is 0 Å². The van der Waals surface area contributed by atoms with Gasteiger partial charge in [0, 0.05) is 13.2 Å². The molecule has 0 bridgehead atoms. The van der Waals surface area contributed by atoms with Crippen LogP contribution in [0.3, 0.4) is 0 Å². The molecule has 2 aromatic rings. The summed E-state index contributed by atoms with van der Waals surface area (Å²) in [6.07, 6.45) is 4.65. The number of aliphatic hydroxyl groups excluding tert-OH is 1.